The lowest BCUT2D eigenvalue weighted by Crippen LogP contribution is -1.71. The molecule has 0 fully saturated rings. The van der Waals surface area contributed by atoms with Gasteiger partial charge in [0.2, 0.25) is 0 Å². The first-order chi connectivity index (χ1) is 4.83. The van der Waals surface area contributed by atoms with Crippen LogP contribution >= 0.6 is 0 Å². The van der Waals surface area contributed by atoms with E-state index in [0.29, 0.717) is 5.56 Å². The Kier molecular flexibility index (Phi) is 1.81. The lowest BCUT2D eigenvalue weighted by atomic mass is 10.2. The fraction of sp³-hybridized carbons (Fsp3) is 0. The van der Waals surface area contributed by atoms with Crippen molar-refractivity contribution in [1.82, 2.24) is 0 Å². The average molecular weight is 134 g/mol. The molecule has 1 aromatic rings. The number of phenolic OH excluding ortho intramolecular Hbond substituents is 1. The van der Waals surface area contributed by atoms with Crippen LogP contribution in [0.4, 0.5) is 0 Å². The molecule has 0 atom stereocenters. The molecular formula is C8H6O2. The molecule has 2 N–H and O–H groups in total. The molecule has 10 heavy (non-hydrogen) atoms. The third-order valence-electron chi connectivity index (χ3n) is 1.05. The molecule has 2 nitrogen and oxygen atoms in total. The Balaban J connectivity index is 3.03. The first-order valence-electron chi connectivity index (χ1n) is 2.77. The Labute approximate surface area is 58.7 Å². The van der Waals surface area contributed by atoms with Crippen LogP contribution in [0.2, 0.25) is 0 Å². The van der Waals surface area contributed by atoms with Gasteiger partial charge in [0.15, 0.2) is 0 Å². The molecule has 0 aliphatic heterocycles. The van der Waals surface area contributed by atoms with E-state index in [4.69, 9.17) is 10.2 Å². The number of phenols is 1. The Morgan fingerprint density at radius 2 is 2.10 bits per heavy atom. The first-order valence-corrected chi connectivity index (χ1v) is 2.77. The Bertz CT molecular complexity index is 281. The summed E-state index contributed by atoms with van der Waals surface area (Å²) in [5.74, 6) is 2.55. The van der Waals surface area contributed by atoms with Gasteiger partial charge in [-0.05, 0) is 24.1 Å². The van der Waals surface area contributed by atoms with Gasteiger partial charge in [-0.1, -0.05) is 6.07 Å². The molecule has 0 bridgehead atoms. The molecule has 0 heterocycles. The number of hydrogen-bond donors (Lipinski definition) is 2. The highest BCUT2D eigenvalue weighted by molar-refractivity contribution is 5.38. The molecule has 50 valence electrons. The van der Waals surface area contributed by atoms with Gasteiger partial charge in [-0.15, -0.1) is 0 Å². The molecule has 1 rings (SSSR count). The fourth-order valence-electron chi connectivity index (χ4n) is 0.648. The molecular weight excluding hydrogens is 128 g/mol. The van der Waals surface area contributed by atoms with Crippen LogP contribution in [0.15, 0.2) is 24.3 Å². The number of benzene rings is 1. The van der Waals surface area contributed by atoms with Crippen molar-refractivity contribution in [2.75, 3.05) is 0 Å². The predicted molar refractivity (Wildman–Crippen MR) is 36.9 cm³/mol. The van der Waals surface area contributed by atoms with Gasteiger partial charge in [-0.3, -0.25) is 0 Å². The largest absolute Gasteiger partial charge is 0.508 e. The van der Waals surface area contributed by atoms with Gasteiger partial charge in [-0.25, -0.2) is 0 Å². The molecule has 0 aromatic heterocycles. The van der Waals surface area contributed by atoms with E-state index in [1.165, 1.54) is 6.07 Å². The molecule has 0 unspecified atom stereocenters. The summed E-state index contributed by atoms with van der Waals surface area (Å²) < 4.78 is 0. The maximum atomic E-state index is 8.89. The number of aromatic hydroxyl groups is 1. The van der Waals surface area contributed by atoms with Crippen LogP contribution in [0.1, 0.15) is 5.56 Å². The molecule has 0 aliphatic carbocycles. The van der Waals surface area contributed by atoms with E-state index in [2.05, 4.69) is 5.92 Å². The standard InChI is InChI=1S/C8H6O2/c9-5-4-7-2-1-3-8(10)6-7/h1-3,6,9-10H. The van der Waals surface area contributed by atoms with E-state index < -0.39 is 0 Å². The van der Waals surface area contributed by atoms with Crippen LogP contribution < -0.4 is 0 Å². The SMILES string of the molecule is OC#Cc1cccc(O)c1. The third kappa shape index (κ3) is 1.43. The van der Waals surface area contributed by atoms with Crippen LogP contribution in [0.3, 0.4) is 0 Å². The monoisotopic (exact) mass is 134 g/mol. The number of rotatable bonds is 0. The van der Waals surface area contributed by atoms with Gasteiger partial charge in [-0.2, -0.15) is 0 Å². The van der Waals surface area contributed by atoms with E-state index in [0.717, 1.165) is 0 Å². The van der Waals surface area contributed by atoms with Crippen molar-refractivity contribution < 1.29 is 10.2 Å². The summed E-state index contributed by atoms with van der Waals surface area (Å²) in [4.78, 5) is 0. The summed E-state index contributed by atoms with van der Waals surface area (Å²) in [6.07, 6.45) is 1.75. The maximum Gasteiger partial charge on any atom is 0.116 e. The highest BCUT2D eigenvalue weighted by atomic mass is 16.3. The zero-order chi connectivity index (χ0) is 7.40. The van der Waals surface area contributed by atoms with Crippen LogP contribution in [-0.4, -0.2) is 10.2 Å². The first kappa shape index (κ1) is 6.50. The molecule has 0 saturated carbocycles. The van der Waals surface area contributed by atoms with E-state index in [1.807, 2.05) is 0 Å². The topological polar surface area (TPSA) is 40.5 Å². The summed E-state index contributed by atoms with van der Waals surface area (Å²) >= 11 is 0. The van der Waals surface area contributed by atoms with Crippen molar-refractivity contribution in [3.05, 3.63) is 29.8 Å². The van der Waals surface area contributed by atoms with Crippen molar-refractivity contribution in [1.29, 1.82) is 0 Å². The second kappa shape index (κ2) is 2.79. The minimum Gasteiger partial charge on any atom is -0.508 e. The Morgan fingerprint density at radius 3 is 2.70 bits per heavy atom. The van der Waals surface area contributed by atoms with Crippen molar-refractivity contribution in [3.63, 3.8) is 0 Å². The van der Waals surface area contributed by atoms with Crippen molar-refractivity contribution in [2.24, 2.45) is 0 Å². The zero-order valence-electron chi connectivity index (χ0n) is 5.20. The van der Waals surface area contributed by atoms with Crippen LogP contribution in [0.5, 0.6) is 5.75 Å². The highest BCUT2D eigenvalue weighted by Crippen LogP contribution is 2.08. The van der Waals surface area contributed by atoms with E-state index in [-0.39, 0.29) is 5.75 Å². The average Bonchev–Trinajstić information content (AvgIpc) is 1.88. The molecule has 0 amide bonds. The predicted octanol–water partition coefficient (Wildman–Crippen LogP) is 1.07. The van der Waals surface area contributed by atoms with Crippen molar-refractivity contribution in [2.45, 2.75) is 0 Å². The van der Waals surface area contributed by atoms with Crippen molar-refractivity contribution >= 4 is 0 Å². The van der Waals surface area contributed by atoms with Gasteiger partial charge in [0.25, 0.3) is 0 Å². The molecule has 0 spiro atoms. The highest BCUT2D eigenvalue weighted by Gasteiger charge is 1.87. The molecule has 2 heteroatoms. The quantitative estimate of drug-likeness (QED) is 0.521. The number of aliphatic hydroxyl groups is 1. The lowest BCUT2D eigenvalue weighted by Gasteiger charge is -1.89. The maximum absolute atomic E-state index is 8.89. The lowest BCUT2D eigenvalue weighted by molar-refractivity contribution is 0.475. The summed E-state index contributed by atoms with van der Waals surface area (Å²) in [5, 5.41) is 17.1. The summed E-state index contributed by atoms with van der Waals surface area (Å²) in [5.41, 5.74) is 0.600. The van der Waals surface area contributed by atoms with Gasteiger partial charge in [0, 0.05) is 5.56 Å². The van der Waals surface area contributed by atoms with Crippen LogP contribution in [0, 0.1) is 12.0 Å². The van der Waals surface area contributed by atoms with E-state index in [1.54, 1.807) is 24.3 Å². The van der Waals surface area contributed by atoms with Gasteiger partial charge < -0.3 is 10.2 Å². The van der Waals surface area contributed by atoms with E-state index in [9.17, 15) is 0 Å². The van der Waals surface area contributed by atoms with Gasteiger partial charge in [0.1, 0.15) is 11.9 Å². The number of aliphatic hydroxyl groups excluding tert-OH is 1. The molecule has 0 saturated heterocycles. The summed E-state index contributed by atoms with van der Waals surface area (Å²) in [7, 11) is 0. The molecule has 0 aliphatic rings. The third-order valence-corrected chi connectivity index (χ3v) is 1.05. The van der Waals surface area contributed by atoms with Gasteiger partial charge >= 0.3 is 0 Å². The number of hydrogen-bond acceptors (Lipinski definition) is 2. The zero-order valence-corrected chi connectivity index (χ0v) is 5.20. The fourth-order valence-corrected chi connectivity index (χ4v) is 0.648. The smallest absolute Gasteiger partial charge is 0.116 e. The second-order valence-electron chi connectivity index (χ2n) is 1.79. The molecule has 0 radical (unpaired) electrons. The normalized spacial score (nSPS) is 8.00. The minimum absolute atomic E-state index is 0.153. The van der Waals surface area contributed by atoms with E-state index >= 15 is 0 Å². The summed E-state index contributed by atoms with van der Waals surface area (Å²) in [6.45, 7) is 0. The Hall–Kier alpha value is -1.62. The van der Waals surface area contributed by atoms with Crippen LogP contribution in [0.25, 0.3) is 0 Å². The molecule has 1 aromatic carbocycles. The van der Waals surface area contributed by atoms with Crippen LogP contribution in [-0.2, 0) is 0 Å². The Morgan fingerprint density at radius 1 is 1.30 bits per heavy atom. The second-order valence-corrected chi connectivity index (χ2v) is 1.79. The van der Waals surface area contributed by atoms with Crippen molar-refractivity contribution in [3.8, 4) is 17.8 Å². The minimum atomic E-state index is 0.153. The van der Waals surface area contributed by atoms with Gasteiger partial charge in [0.05, 0.1) is 0 Å². The summed E-state index contributed by atoms with van der Waals surface area (Å²) in [6, 6.07) is 6.38.